The summed E-state index contributed by atoms with van der Waals surface area (Å²) in [5.74, 6) is 0.142. The summed E-state index contributed by atoms with van der Waals surface area (Å²) in [5, 5.41) is 12.8. The zero-order valence-electron chi connectivity index (χ0n) is 15.9. The fraction of sp³-hybridized carbons (Fsp3) is 0.455. The highest BCUT2D eigenvalue weighted by molar-refractivity contribution is 6.42. The van der Waals surface area contributed by atoms with Gasteiger partial charge in [-0.2, -0.15) is 0 Å². The summed E-state index contributed by atoms with van der Waals surface area (Å²) < 4.78 is 0. The van der Waals surface area contributed by atoms with Gasteiger partial charge in [0.1, 0.15) is 0 Å². The zero-order valence-corrected chi connectivity index (χ0v) is 18.2. The van der Waals surface area contributed by atoms with E-state index in [2.05, 4.69) is 31.1 Å². The summed E-state index contributed by atoms with van der Waals surface area (Å²) in [6.07, 6.45) is 4.74. The largest absolute Gasteiger partial charge is 0.389 e. The molecule has 5 heteroatoms. The number of aliphatic hydroxyl groups is 1. The summed E-state index contributed by atoms with van der Waals surface area (Å²) in [7, 11) is 4.15. The number of hydrogen-bond acceptors (Lipinski definition) is 2. The van der Waals surface area contributed by atoms with Gasteiger partial charge in [0.25, 0.3) is 0 Å². The smallest absolute Gasteiger partial charge is 0.0734 e. The van der Waals surface area contributed by atoms with Crippen molar-refractivity contribution < 1.29 is 5.11 Å². The minimum atomic E-state index is -0.722. The third kappa shape index (κ3) is 5.19. The number of benzene rings is 2. The van der Waals surface area contributed by atoms with Gasteiger partial charge in [-0.05, 0) is 50.2 Å². The minimum Gasteiger partial charge on any atom is -0.389 e. The van der Waals surface area contributed by atoms with Crippen molar-refractivity contribution in [2.75, 3.05) is 14.1 Å². The van der Waals surface area contributed by atoms with Crippen LogP contribution in [0.2, 0.25) is 10.0 Å². The highest BCUT2D eigenvalue weighted by atomic mass is 35.5. The van der Waals surface area contributed by atoms with Gasteiger partial charge in [0, 0.05) is 18.4 Å². The van der Waals surface area contributed by atoms with Crippen LogP contribution in [-0.4, -0.2) is 29.7 Å². The van der Waals surface area contributed by atoms with E-state index in [-0.39, 0.29) is 24.4 Å². The summed E-state index contributed by atoms with van der Waals surface area (Å²) >= 11 is 12.4. The van der Waals surface area contributed by atoms with E-state index in [0.29, 0.717) is 16.5 Å². The third-order valence-electron chi connectivity index (χ3n) is 5.64. The average Bonchev–Trinajstić information content (AvgIpc) is 2.60. The molecule has 1 N–H and O–H groups in total. The number of rotatable bonds is 5. The van der Waals surface area contributed by atoms with Crippen LogP contribution in [0.1, 0.15) is 42.9 Å². The Hall–Kier alpha value is -0.770. The first-order valence-electron chi connectivity index (χ1n) is 9.28. The second kappa shape index (κ2) is 9.62. The molecule has 2 aromatic rings. The standard InChI is InChI=1S/C22H27Cl2NO.ClH/c1-25(2)21(17-11-12-19(23)20(24)14-17)18-10-6-7-13-22(18,26)15-16-8-4-3-5-9-16;/h3-5,8-9,11-12,14,18,21,26H,6-7,10,13,15H2,1-2H3;1H. The van der Waals surface area contributed by atoms with Crippen LogP contribution >= 0.6 is 35.6 Å². The predicted molar refractivity (Wildman–Crippen MR) is 117 cm³/mol. The van der Waals surface area contributed by atoms with Crippen LogP contribution in [0, 0.1) is 5.92 Å². The molecule has 2 nitrogen and oxygen atoms in total. The fourth-order valence-corrected chi connectivity index (χ4v) is 4.76. The fourth-order valence-electron chi connectivity index (χ4n) is 4.46. The van der Waals surface area contributed by atoms with Crippen LogP contribution in [0.15, 0.2) is 48.5 Å². The lowest BCUT2D eigenvalue weighted by molar-refractivity contribution is -0.0770. The average molecular weight is 429 g/mol. The Kier molecular flexibility index (Phi) is 8.03. The predicted octanol–water partition coefficient (Wildman–Crippen LogP) is 6.18. The van der Waals surface area contributed by atoms with Crippen LogP contribution < -0.4 is 0 Å². The summed E-state index contributed by atoms with van der Waals surface area (Å²) in [6, 6.07) is 16.2. The SMILES string of the molecule is CN(C)C(c1ccc(Cl)c(Cl)c1)C1CCCCC1(O)Cc1ccccc1.Cl. The zero-order chi connectivity index (χ0) is 18.7. The molecular weight excluding hydrogens is 401 g/mol. The van der Waals surface area contributed by atoms with Crippen LogP contribution in [0.5, 0.6) is 0 Å². The molecule has 0 saturated heterocycles. The van der Waals surface area contributed by atoms with Crippen LogP contribution in [0.3, 0.4) is 0 Å². The Morgan fingerprint density at radius 2 is 1.78 bits per heavy atom. The Bertz CT molecular complexity index is 738. The van der Waals surface area contributed by atoms with Crippen LogP contribution in [0.25, 0.3) is 0 Å². The normalized spacial score (nSPS) is 23.7. The molecule has 0 heterocycles. The summed E-state index contributed by atoms with van der Waals surface area (Å²) in [6.45, 7) is 0. The first-order chi connectivity index (χ1) is 12.4. The Morgan fingerprint density at radius 3 is 2.41 bits per heavy atom. The van der Waals surface area contributed by atoms with Gasteiger partial charge in [-0.3, -0.25) is 0 Å². The molecular formula is C22H28Cl3NO. The van der Waals surface area contributed by atoms with Crippen molar-refractivity contribution in [2.24, 2.45) is 5.92 Å². The molecule has 1 aliphatic carbocycles. The molecule has 0 amide bonds. The van der Waals surface area contributed by atoms with Gasteiger partial charge in [-0.25, -0.2) is 0 Å². The maximum absolute atomic E-state index is 11.7. The van der Waals surface area contributed by atoms with Gasteiger partial charge in [-0.1, -0.05) is 72.4 Å². The second-order valence-corrected chi connectivity index (χ2v) is 8.51. The molecule has 1 saturated carbocycles. The van der Waals surface area contributed by atoms with Gasteiger partial charge in [-0.15, -0.1) is 12.4 Å². The van der Waals surface area contributed by atoms with Gasteiger partial charge < -0.3 is 10.0 Å². The van der Waals surface area contributed by atoms with Crippen LogP contribution in [-0.2, 0) is 6.42 Å². The highest BCUT2D eigenvalue weighted by Crippen LogP contribution is 2.45. The first-order valence-corrected chi connectivity index (χ1v) is 10.0. The number of hydrogen-bond donors (Lipinski definition) is 1. The van der Waals surface area contributed by atoms with E-state index in [1.807, 2.05) is 36.4 Å². The van der Waals surface area contributed by atoms with E-state index in [1.54, 1.807) is 0 Å². The highest BCUT2D eigenvalue weighted by Gasteiger charge is 2.44. The van der Waals surface area contributed by atoms with E-state index < -0.39 is 5.60 Å². The summed E-state index contributed by atoms with van der Waals surface area (Å²) in [4.78, 5) is 2.20. The number of halogens is 3. The lowest BCUT2D eigenvalue weighted by Gasteiger charge is -2.46. The van der Waals surface area contributed by atoms with E-state index in [4.69, 9.17) is 23.2 Å². The third-order valence-corrected chi connectivity index (χ3v) is 6.38. The van der Waals surface area contributed by atoms with Crippen molar-refractivity contribution in [1.29, 1.82) is 0 Å². The first kappa shape index (κ1) is 22.5. The van der Waals surface area contributed by atoms with Crippen molar-refractivity contribution in [3.05, 3.63) is 69.7 Å². The van der Waals surface area contributed by atoms with Crippen molar-refractivity contribution in [2.45, 2.75) is 43.7 Å². The van der Waals surface area contributed by atoms with Crippen molar-refractivity contribution in [3.8, 4) is 0 Å². The van der Waals surface area contributed by atoms with Crippen molar-refractivity contribution in [3.63, 3.8) is 0 Å². The topological polar surface area (TPSA) is 23.5 Å². The molecule has 148 valence electrons. The Labute approximate surface area is 178 Å². The molecule has 0 spiro atoms. The lowest BCUT2D eigenvalue weighted by Crippen LogP contribution is -2.48. The van der Waals surface area contributed by atoms with Gasteiger partial charge in [0.05, 0.1) is 15.6 Å². The Morgan fingerprint density at radius 1 is 1.07 bits per heavy atom. The second-order valence-electron chi connectivity index (χ2n) is 7.70. The minimum absolute atomic E-state index is 0. The maximum atomic E-state index is 11.7. The molecule has 0 radical (unpaired) electrons. The maximum Gasteiger partial charge on any atom is 0.0734 e. The molecule has 0 bridgehead atoms. The van der Waals surface area contributed by atoms with Crippen LogP contribution in [0.4, 0.5) is 0 Å². The molecule has 2 aromatic carbocycles. The molecule has 0 aromatic heterocycles. The van der Waals surface area contributed by atoms with Gasteiger partial charge in [0.2, 0.25) is 0 Å². The monoisotopic (exact) mass is 427 g/mol. The van der Waals surface area contributed by atoms with Gasteiger partial charge in [0.15, 0.2) is 0 Å². The van der Waals surface area contributed by atoms with E-state index in [1.165, 1.54) is 5.56 Å². The van der Waals surface area contributed by atoms with E-state index >= 15 is 0 Å². The molecule has 1 aliphatic rings. The molecule has 27 heavy (non-hydrogen) atoms. The molecule has 0 aliphatic heterocycles. The van der Waals surface area contributed by atoms with Gasteiger partial charge >= 0.3 is 0 Å². The molecule has 3 atom stereocenters. The van der Waals surface area contributed by atoms with Crippen molar-refractivity contribution >= 4 is 35.6 Å². The molecule has 1 fully saturated rings. The summed E-state index contributed by atoms with van der Waals surface area (Å²) in [5.41, 5.74) is 1.58. The molecule has 3 unspecified atom stereocenters. The van der Waals surface area contributed by atoms with E-state index in [0.717, 1.165) is 31.2 Å². The number of nitrogens with zero attached hydrogens (tertiary/aromatic N) is 1. The van der Waals surface area contributed by atoms with Crippen molar-refractivity contribution in [1.82, 2.24) is 4.90 Å². The lowest BCUT2D eigenvalue weighted by atomic mass is 9.67. The molecule has 3 rings (SSSR count). The Balaban J connectivity index is 0.00000261. The van der Waals surface area contributed by atoms with E-state index in [9.17, 15) is 5.11 Å². The quantitative estimate of drug-likeness (QED) is 0.614.